The Balaban J connectivity index is 2.25. The lowest BCUT2D eigenvalue weighted by Crippen LogP contribution is -2.31. The van der Waals surface area contributed by atoms with Gasteiger partial charge in [-0.1, -0.05) is 11.6 Å². The van der Waals surface area contributed by atoms with Crippen LogP contribution in [0.2, 0.25) is 5.02 Å². The standard InChI is InChI=1S/C13H15ClN2O2S/c1-7(18-2)6-16-13(17)12-11(15)9-4-3-8(14)5-10(9)19-12/h3-5,7H,6,15H2,1-2H3,(H,16,17). The summed E-state index contributed by atoms with van der Waals surface area (Å²) < 4.78 is 5.99. The highest BCUT2D eigenvalue weighted by Gasteiger charge is 2.16. The highest BCUT2D eigenvalue weighted by Crippen LogP contribution is 2.35. The Bertz CT molecular complexity index is 612. The van der Waals surface area contributed by atoms with Crippen molar-refractivity contribution < 1.29 is 9.53 Å². The number of benzene rings is 1. The third-order valence-electron chi connectivity index (χ3n) is 2.85. The fourth-order valence-corrected chi connectivity index (χ4v) is 2.97. The summed E-state index contributed by atoms with van der Waals surface area (Å²) in [6.45, 7) is 2.33. The Morgan fingerprint density at radius 3 is 3.00 bits per heavy atom. The molecule has 1 aromatic carbocycles. The van der Waals surface area contributed by atoms with Crippen molar-refractivity contribution in [1.82, 2.24) is 5.32 Å². The second kappa shape index (κ2) is 5.77. The lowest BCUT2D eigenvalue weighted by Gasteiger charge is -2.10. The fraction of sp³-hybridized carbons (Fsp3) is 0.308. The minimum absolute atomic E-state index is 0.0333. The fourth-order valence-electron chi connectivity index (χ4n) is 1.66. The van der Waals surface area contributed by atoms with Crippen LogP contribution in [0.1, 0.15) is 16.6 Å². The summed E-state index contributed by atoms with van der Waals surface area (Å²) in [5.74, 6) is -0.182. The Kier molecular flexibility index (Phi) is 4.29. The van der Waals surface area contributed by atoms with Gasteiger partial charge >= 0.3 is 0 Å². The summed E-state index contributed by atoms with van der Waals surface area (Å²) in [7, 11) is 1.60. The Morgan fingerprint density at radius 1 is 1.58 bits per heavy atom. The maximum Gasteiger partial charge on any atom is 0.263 e. The predicted octanol–water partition coefficient (Wildman–Crippen LogP) is 2.90. The number of methoxy groups -OCH3 is 1. The number of fused-ring (bicyclic) bond motifs is 1. The van der Waals surface area contributed by atoms with Crippen LogP contribution in [-0.4, -0.2) is 25.7 Å². The van der Waals surface area contributed by atoms with Crippen molar-refractivity contribution in [3.8, 4) is 0 Å². The van der Waals surface area contributed by atoms with Crippen molar-refractivity contribution in [2.75, 3.05) is 19.4 Å². The molecule has 3 N–H and O–H groups in total. The summed E-state index contributed by atoms with van der Waals surface area (Å²) in [6.07, 6.45) is -0.0333. The molecule has 0 spiro atoms. The highest BCUT2D eigenvalue weighted by atomic mass is 35.5. The molecule has 19 heavy (non-hydrogen) atoms. The van der Waals surface area contributed by atoms with E-state index in [1.807, 2.05) is 19.1 Å². The number of amides is 1. The molecular weight excluding hydrogens is 284 g/mol. The van der Waals surface area contributed by atoms with Gasteiger partial charge < -0.3 is 15.8 Å². The second-order valence-electron chi connectivity index (χ2n) is 4.24. The normalized spacial score (nSPS) is 12.6. The predicted molar refractivity (Wildman–Crippen MR) is 80.1 cm³/mol. The molecule has 1 unspecified atom stereocenters. The Hall–Kier alpha value is -1.30. The van der Waals surface area contributed by atoms with Gasteiger partial charge in [-0.15, -0.1) is 11.3 Å². The van der Waals surface area contributed by atoms with Gasteiger partial charge in [-0.05, 0) is 25.1 Å². The van der Waals surface area contributed by atoms with Crippen molar-refractivity contribution in [2.45, 2.75) is 13.0 Å². The molecule has 102 valence electrons. The van der Waals surface area contributed by atoms with Crippen LogP contribution in [0.5, 0.6) is 0 Å². The quantitative estimate of drug-likeness (QED) is 0.912. The molecule has 0 saturated heterocycles. The first-order valence-corrected chi connectivity index (χ1v) is 7.01. The minimum Gasteiger partial charge on any atom is -0.397 e. The van der Waals surface area contributed by atoms with Gasteiger partial charge in [0.25, 0.3) is 5.91 Å². The van der Waals surface area contributed by atoms with E-state index in [1.165, 1.54) is 11.3 Å². The first kappa shape index (κ1) is 14.1. The van der Waals surface area contributed by atoms with E-state index in [4.69, 9.17) is 22.1 Å². The zero-order valence-electron chi connectivity index (χ0n) is 10.7. The van der Waals surface area contributed by atoms with Crippen molar-refractivity contribution in [3.63, 3.8) is 0 Å². The number of rotatable bonds is 4. The van der Waals surface area contributed by atoms with Gasteiger partial charge in [0.15, 0.2) is 0 Å². The summed E-state index contributed by atoms with van der Waals surface area (Å²) in [5, 5.41) is 4.29. The number of nitrogens with one attached hydrogen (secondary N) is 1. The smallest absolute Gasteiger partial charge is 0.263 e. The summed E-state index contributed by atoms with van der Waals surface area (Å²) >= 11 is 7.27. The molecule has 1 aromatic heterocycles. The van der Waals surface area contributed by atoms with E-state index in [0.29, 0.717) is 22.1 Å². The van der Waals surface area contributed by atoms with Crippen molar-refractivity contribution in [1.29, 1.82) is 0 Å². The number of carbonyl (C=O) groups is 1. The number of hydrogen-bond acceptors (Lipinski definition) is 4. The number of hydrogen-bond donors (Lipinski definition) is 2. The molecule has 0 aliphatic heterocycles. The lowest BCUT2D eigenvalue weighted by atomic mass is 10.2. The van der Waals surface area contributed by atoms with E-state index >= 15 is 0 Å². The molecule has 0 bridgehead atoms. The van der Waals surface area contributed by atoms with E-state index in [2.05, 4.69) is 5.32 Å². The average molecular weight is 299 g/mol. The zero-order valence-corrected chi connectivity index (χ0v) is 12.3. The van der Waals surface area contributed by atoms with Crippen LogP contribution in [0.4, 0.5) is 5.69 Å². The van der Waals surface area contributed by atoms with E-state index in [0.717, 1.165) is 10.1 Å². The molecule has 0 radical (unpaired) electrons. The molecule has 1 atom stereocenters. The molecule has 0 aliphatic carbocycles. The van der Waals surface area contributed by atoms with Gasteiger partial charge in [-0.25, -0.2) is 0 Å². The van der Waals surface area contributed by atoms with E-state index in [1.54, 1.807) is 13.2 Å². The number of carbonyl (C=O) groups excluding carboxylic acids is 1. The first-order chi connectivity index (χ1) is 9.02. The molecule has 6 heteroatoms. The van der Waals surface area contributed by atoms with Crippen molar-refractivity contribution in [2.24, 2.45) is 0 Å². The van der Waals surface area contributed by atoms with Crippen molar-refractivity contribution in [3.05, 3.63) is 28.1 Å². The Labute approximate surface area is 120 Å². The van der Waals surface area contributed by atoms with Gasteiger partial charge in [0.2, 0.25) is 0 Å². The van der Waals surface area contributed by atoms with Gasteiger partial charge in [0.1, 0.15) is 4.88 Å². The van der Waals surface area contributed by atoms with Gasteiger partial charge in [0.05, 0.1) is 11.8 Å². The molecule has 0 saturated carbocycles. The van der Waals surface area contributed by atoms with Crippen LogP contribution in [0.15, 0.2) is 18.2 Å². The third-order valence-corrected chi connectivity index (χ3v) is 4.25. The van der Waals surface area contributed by atoms with Crippen LogP contribution in [0.25, 0.3) is 10.1 Å². The second-order valence-corrected chi connectivity index (χ2v) is 5.73. The zero-order chi connectivity index (χ0) is 14.0. The highest BCUT2D eigenvalue weighted by molar-refractivity contribution is 7.21. The average Bonchev–Trinajstić information content (AvgIpc) is 2.72. The van der Waals surface area contributed by atoms with Gasteiger partial charge in [0, 0.05) is 28.8 Å². The molecule has 1 amide bonds. The van der Waals surface area contributed by atoms with Crippen LogP contribution in [0, 0.1) is 0 Å². The van der Waals surface area contributed by atoms with E-state index in [-0.39, 0.29) is 12.0 Å². The summed E-state index contributed by atoms with van der Waals surface area (Å²) in [6, 6.07) is 5.41. The summed E-state index contributed by atoms with van der Waals surface area (Å²) in [5.41, 5.74) is 6.50. The number of nitrogens with two attached hydrogens (primary N) is 1. The minimum atomic E-state index is -0.182. The monoisotopic (exact) mass is 298 g/mol. The maximum atomic E-state index is 12.1. The Morgan fingerprint density at radius 2 is 2.32 bits per heavy atom. The molecule has 1 heterocycles. The van der Waals surface area contributed by atoms with Gasteiger partial charge in [-0.3, -0.25) is 4.79 Å². The van der Waals surface area contributed by atoms with Gasteiger partial charge in [-0.2, -0.15) is 0 Å². The number of ether oxygens (including phenoxy) is 1. The first-order valence-electron chi connectivity index (χ1n) is 5.81. The molecule has 2 rings (SSSR count). The molecule has 0 aliphatic rings. The largest absolute Gasteiger partial charge is 0.397 e. The SMILES string of the molecule is COC(C)CNC(=O)c1sc2cc(Cl)ccc2c1N. The van der Waals surface area contributed by atoms with Crippen molar-refractivity contribution >= 4 is 44.6 Å². The van der Waals surface area contributed by atoms with E-state index in [9.17, 15) is 4.79 Å². The van der Waals surface area contributed by atoms with Crippen LogP contribution < -0.4 is 11.1 Å². The molecule has 4 nitrogen and oxygen atoms in total. The maximum absolute atomic E-state index is 12.1. The van der Waals surface area contributed by atoms with Crippen LogP contribution in [0.3, 0.4) is 0 Å². The third kappa shape index (κ3) is 3.00. The van der Waals surface area contributed by atoms with Crippen LogP contribution >= 0.6 is 22.9 Å². The number of halogens is 1. The molecule has 0 fully saturated rings. The summed E-state index contributed by atoms with van der Waals surface area (Å²) in [4.78, 5) is 12.6. The lowest BCUT2D eigenvalue weighted by molar-refractivity contribution is 0.0874. The number of anilines is 1. The van der Waals surface area contributed by atoms with E-state index < -0.39 is 0 Å². The topological polar surface area (TPSA) is 64.3 Å². The number of nitrogen functional groups attached to an aromatic ring is 1. The van der Waals surface area contributed by atoms with Crippen LogP contribution in [-0.2, 0) is 4.74 Å². The molecular formula is C13H15ClN2O2S. The number of thiophene rings is 1. The molecule has 2 aromatic rings.